The molecule has 1 aromatic carbocycles. The SMILES string of the molecule is O=c1[nH]cc(CC2CCC(F)(F)C2)cc1Nc1ccc2[nH]ncc2c1. The molecule has 25 heavy (non-hydrogen) atoms. The van der Waals surface area contributed by atoms with Gasteiger partial charge in [0.1, 0.15) is 5.69 Å². The molecule has 0 aliphatic heterocycles. The molecule has 1 fully saturated rings. The number of hydrogen-bond donors (Lipinski definition) is 3. The van der Waals surface area contributed by atoms with Gasteiger partial charge < -0.3 is 10.3 Å². The largest absolute Gasteiger partial charge is 0.351 e. The topological polar surface area (TPSA) is 73.6 Å². The molecule has 0 spiro atoms. The summed E-state index contributed by atoms with van der Waals surface area (Å²) in [5, 5.41) is 10.9. The van der Waals surface area contributed by atoms with Crippen molar-refractivity contribution >= 4 is 22.3 Å². The number of pyridine rings is 1. The van der Waals surface area contributed by atoms with Gasteiger partial charge >= 0.3 is 0 Å². The van der Waals surface area contributed by atoms with Crippen molar-refractivity contribution in [2.45, 2.75) is 31.6 Å². The van der Waals surface area contributed by atoms with E-state index >= 15 is 0 Å². The minimum absolute atomic E-state index is 0.0448. The zero-order valence-electron chi connectivity index (χ0n) is 13.5. The molecule has 0 bridgehead atoms. The lowest BCUT2D eigenvalue weighted by molar-refractivity contribution is 0.00508. The van der Waals surface area contributed by atoms with Gasteiger partial charge in [-0.15, -0.1) is 0 Å². The first kappa shape index (κ1) is 15.8. The number of H-pyrrole nitrogens is 2. The second-order valence-electron chi connectivity index (χ2n) is 6.72. The molecule has 2 aromatic heterocycles. The van der Waals surface area contributed by atoms with E-state index in [4.69, 9.17) is 0 Å². The van der Waals surface area contributed by atoms with Gasteiger partial charge in [-0.1, -0.05) is 0 Å². The zero-order valence-corrected chi connectivity index (χ0v) is 13.5. The van der Waals surface area contributed by atoms with Gasteiger partial charge in [0.15, 0.2) is 0 Å². The minimum atomic E-state index is -2.55. The number of aromatic amines is 2. The highest BCUT2D eigenvalue weighted by molar-refractivity contribution is 5.82. The first-order valence-corrected chi connectivity index (χ1v) is 8.28. The normalized spacial score (nSPS) is 19.4. The van der Waals surface area contributed by atoms with Gasteiger partial charge in [0.2, 0.25) is 5.92 Å². The van der Waals surface area contributed by atoms with Gasteiger partial charge in [0.05, 0.1) is 11.7 Å². The van der Waals surface area contributed by atoms with E-state index in [1.807, 2.05) is 18.2 Å². The third kappa shape index (κ3) is 3.40. The summed E-state index contributed by atoms with van der Waals surface area (Å²) in [5.74, 6) is -2.59. The summed E-state index contributed by atoms with van der Waals surface area (Å²) in [6.07, 6.45) is 4.27. The summed E-state index contributed by atoms with van der Waals surface area (Å²) in [6, 6.07) is 7.37. The molecule has 0 amide bonds. The smallest absolute Gasteiger partial charge is 0.271 e. The average molecular weight is 344 g/mol. The highest BCUT2D eigenvalue weighted by Gasteiger charge is 2.39. The van der Waals surface area contributed by atoms with Crippen LogP contribution in [0.25, 0.3) is 10.9 Å². The average Bonchev–Trinajstić information content (AvgIpc) is 3.16. The Morgan fingerprint density at radius 1 is 1.32 bits per heavy atom. The van der Waals surface area contributed by atoms with E-state index in [0.717, 1.165) is 22.2 Å². The van der Waals surface area contributed by atoms with E-state index in [1.165, 1.54) is 0 Å². The molecule has 3 N–H and O–H groups in total. The Morgan fingerprint density at radius 3 is 3.00 bits per heavy atom. The van der Waals surface area contributed by atoms with Crippen molar-refractivity contribution in [1.29, 1.82) is 0 Å². The first-order valence-electron chi connectivity index (χ1n) is 8.28. The molecule has 1 aliphatic carbocycles. The first-order chi connectivity index (χ1) is 12.0. The summed E-state index contributed by atoms with van der Waals surface area (Å²) >= 11 is 0. The fraction of sp³-hybridized carbons (Fsp3) is 0.333. The van der Waals surface area contributed by atoms with E-state index in [1.54, 1.807) is 18.5 Å². The van der Waals surface area contributed by atoms with Crippen molar-refractivity contribution in [3.8, 4) is 0 Å². The number of aromatic nitrogens is 3. The van der Waals surface area contributed by atoms with Crippen molar-refractivity contribution in [3.05, 3.63) is 52.6 Å². The molecule has 5 nitrogen and oxygen atoms in total. The molecule has 1 atom stereocenters. The van der Waals surface area contributed by atoms with Crippen molar-refractivity contribution in [1.82, 2.24) is 15.2 Å². The summed E-state index contributed by atoms with van der Waals surface area (Å²) in [5.41, 5.74) is 2.70. The van der Waals surface area contributed by atoms with Gasteiger partial charge in [-0.2, -0.15) is 5.10 Å². The molecular formula is C18H18F2N4O. The number of nitrogens with zero attached hydrogens (tertiary/aromatic N) is 1. The summed E-state index contributed by atoms with van der Waals surface area (Å²) in [4.78, 5) is 14.8. The number of alkyl halides is 2. The number of halogens is 2. The summed E-state index contributed by atoms with van der Waals surface area (Å²) in [6.45, 7) is 0. The number of fused-ring (bicyclic) bond motifs is 1. The van der Waals surface area contributed by atoms with Crippen LogP contribution in [0.4, 0.5) is 20.2 Å². The van der Waals surface area contributed by atoms with Crippen LogP contribution in [-0.4, -0.2) is 21.1 Å². The fourth-order valence-corrected chi connectivity index (χ4v) is 3.46. The highest BCUT2D eigenvalue weighted by atomic mass is 19.3. The van der Waals surface area contributed by atoms with Crippen LogP contribution >= 0.6 is 0 Å². The second kappa shape index (κ2) is 5.98. The quantitative estimate of drug-likeness (QED) is 0.670. The van der Waals surface area contributed by atoms with Crippen LogP contribution in [0.1, 0.15) is 24.8 Å². The van der Waals surface area contributed by atoms with Crippen molar-refractivity contribution in [2.75, 3.05) is 5.32 Å². The molecule has 7 heteroatoms. The van der Waals surface area contributed by atoms with Gasteiger partial charge in [0.25, 0.3) is 5.56 Å². The maximum absolute atomic E-state index is 13.4. The summed E-state index contributed by atoms with van der Waals surface area (Å²) in [7, 11) is 0. The van der Waals surface area contributed by atoms with Crippen LogP contribution in [0.2, 0.25) is 0 Å². The molecule has 1 unspecified atom stereocenters. The van der Waals surface area contributed by atoms with Crippen molar-refractivity contribution < 1.29 is 8.78 Å². The predicted molar refractivity (Wildman–Crippen MR) is 92.4 cm³/mol. The maximum atomic E-state index is 13.4. The van der Waals surface area contributed by atoms with Gasteiger partial charge in [-0.05, 0) is 48.6 Å². The monoisotopic (exact) mass is 344 g/mol. The molecule has 4 rings (SSSR count). The lowest BCUT2D eigenvalue weighted by Gasteiger charge is -2.12. The Morgan fingerprint density at radius 2 is 2.20 bits per heavy atom. The van der Waals surface area contributed by atoms with Crippen LogP contribution in [0.3, 0.4) is 0 Å². The Balaban J connectivity index is 1.54. The van der Waals surface area contributed by atoms with Crippen LogP contribution in [0, 0.1) is 5.92 Å². The molecule has 1 aliphatic rings. The number of hydrogen-bond acceptors (Lipinski definition) is 3. The number of rotatable bonds is 4. The Hall–Kier alpha value is -2.70. The Labute approximate surface area is 142 Å². The number of anilines is 2. The minimum Gasteiger partial charge on any atom is -0.351 e. The third-order valence-electron chi connectivity index (χ3n) is 4.71. The van der Waals surface area contributed by atoms with Crippen LogP contribution in [0.5, 0.6) is 0 Å². The van der Waals surface area contributed by atoms with Gasteiger partial charge in [-0.25, -0.2) is 8.78 Å². The van der Waals surface area contributed by atoms with E-state index < -0.39 is 5.92 Å². The van der Waals surface area contributed by atoms with E-state index in [-0.39, 0.29) is 24.3 Å². The lowest BCUT2D eigenvalue weighted by Crippen LogP contribution is -2.14. The zero-order chi connectivity index (χ0) is 17.4. The van der Waals surface area contributed by atoms with Crippen LogP contribution < -0.4 is 10.9 Å². The third-order valence-corrected chi connectivity index (χ3v) is 4.71. The lowest BCUT2D eigenvalue weighted by atomic mass is 9.99. The van der Waals surface area contributed by atoms with Gasteiger partial charge in [0, 0.05) is 30.1 Å². The van der Waals surface area contributed by atoms with Crippen molar-refractivity contribution in [3.63, 3.8) is 0 Å². The molecule has 130 valence electrons. The Bertz CT molecular complexity index is 963. The predicted octanol–water partition coefficient (Wildman–Crippen LogP) is 3.97. The van der Waals surface area contributed by atoms with E-state index in [0.29, 0.717) is 18.5 Å². The molecule has 3 aromatic rings. The molecule has 0 radical (unpaired) electrons. The maximum Gasteiger partial charge on any atom is 0.271 e. The molecular weight excluding hydrogens is 326 g/mol. The molecule has 0 saturated heterocycles. The highest BCUT2D eigenvalue weighted by Crippen LogP contribution is 2.40. The summed E-state index contributed by atoms with van der Waals surface area (Å²) < 4.78 is 26.7. The van der Waals surface area contributed by atoms with Crippen molar-refractivity contribution in [2.24, 2.45) is 5.92 Å². The molecule has 1 saturated carbocycles. The van der Waals surface area contributed by atoms with Crippen LogP contribution in [0.15, 0.2) is 41.5 Å². The molecule has 2 heterocycles. The van der Waals surface area contributed by atoms with Gasteiger partial charge in [-0.3, -0.25) is 9.89 Å². The number of nitrogens with one attached hydrogen (secondary N) is 3. The van der Waals surface area contributed by atoms with E-state index in [2.05, 4.69) is 20.5 Å². The van der Waals surface area contributed by atoms with Crippen LogP contribution in [-0.2, 0) is 6.42 Å². The van der Waals surface area contributed by atoms with E-state index in [9.17, 15) is 13.6 Å². The fourth-order valence-electron chi connectivity index (χ4n) is 3.46. The second-order valence-corrected chi connectivity index (χ2v) is 6.72. The standard InChI is InChI=1S/C18H18F2N4O/c19-18(20)4-3-11(8-18)5-12-6-16(17(25)21-9-12)23-14-1-2-15-13(7-14)10-22-24-15/h1-2,6-7,9-11,23H,3-5,8H2,(H,21,25)(H,22,24). The number of benzene rings is 1. The Kier molecular flexibility index (Phi) is 3.78.